The van der Waals surface area contributed by atoms with Gasteiger partial charge in [0, 0.05) is 6.61 Å². The molecule has 1 N–H and O–H groups in total. The maximum atomic E-state index is 10.1. The zero-order valence-corrected chi connectivity index (χ0v) is 11.1. The van der Waals surface area contributed by atoms with E-state index in [2.05, 4.69) is 26.0 Å². The van der Waals surface area contributed by atoms with E-state index in [1.54, 1.807) is 0 Å². The fraction of sp³-hybridized carbons (Fsp3) is 0.600. The topological polar surface area (TPSA) is 29.5 Å². The molecule has 0 aromatic heterocycles. The van der Waals surface area contributed by atoms with E-state index < -0.39 is 6.10 Å². The molecular weight excluding hydrogens is 212 g/mol. The summed E-state index contributed by atoms with van der Waals surface area (Å²) in [5, 5.41) is 10.1. The van der Waals surface area contributed by atoms with Crippen molar-refractivity contribution in [3.8, 4) is 0 Å². The predicted octanol–water partition coefficient (Wildman–Crippen LogP) is 3.49. The van der Waals surface area contributed by atoms with Crippen LogP contribution in [0.3, 0.4) is 0 Å². The number of ether oxygens (including phenoxy) is 1. The molecule has 0 radical (unpaired) electrons. The summed E-state index contributed by atoms with van der Waals surface area (Å²) in [7, 11) is 0. The van der Waals surface area contributed by atoms with Gasteiger partial charge in [0.25, 0.3) is 0 Å². The quantitative estimate of drug-likeness (QED) is 0.734. The maximum Gasteiger partial charge on any atom is 0.105 e. The Balaban J connectivity index is 2.52. The van der Waals surface area contributed by atoms with Gasteiger partial charge in [-0.1, -0.05) is 44.5 Å². The van der Waals surface area contributed by atoms with E-state index in [0.29, 0.717) is 0 Å². The Morgan fingerprint density at radius 2 is 1.82 bits per heavy atom. The maximum absolute atomic E-state index is 10.1. The first-order chi connectivity index (χ1) is 8.19. The van der Waals surface area contributed by atoms with Gasteiger partial charge in [-0.05, 0) is 30.9 Å². The average molecular weight is 236 g/mol. The van der Waals surface area contributed by atoms with Crippen molar-refractivity contribution in [3.63, 3.8) is 0 Å². The van der Waals surface area contributed by atoms with Crippen molar-refractivity contribution in [1.82, 2.24) is 0 Å². The molecule has 0 aliphatic heterocycles. The summed E-state index contributed by atoms with van der Waals surface area (Å²) in [5.41, 5.74) is 2.23. The molecule has 96 valence electrons. The number of benzene rings is 1. The van der Waals surface area contributed by atoms with Gasteiger partial charge >= 0.3 is 0 Å². The minimum atomic E-state index is -0.530. The molecule has 0 spiro atoms. The lowest BCUT2D eigenvalue weighted by molar-refractivity contribution is -0.0288. The Morgan fingerprint density at radius 3 is 2.35 bits per heavy atom. The zero-order valence-electron chi connectivity index (χ0n) is 11.1. The van der Waals surface area contributed by atoms with Crippen LogP contribution < -0.4 is 0 Å². The molecule has 1 aromatic carbocycles. The lowest BCUT2D eigenvalue weighted by Crippen LogP contribution is -2.19. The van der Waals surface area contributed by atoms with Gasteiger partial charge in [0.2, 0.25) is 0 Å². The van der Waals surface area contributed by atoms with Crippen molar-refractivity contribution in [1.29, 1.82) is 0 Å². The molecule has 0 fully saturated rings. The molecule has 2 atom stereocenters. The number of aliphatic hydroxyl groups excluding tert-OH is 1. The van der Waals surface area contributed by atoms with Gasteiger partial charge < -0.3 is 9.84 Å². The highest BCUT2D eigenvalue weighted by molar-refractivity contribution is 5.24. The summed E-state index contributed by atoms with van der Waals surface area (Å²) in [6, 6.07) is 8.11. The number of rotatable bonds is 7. The fourth-order valence-electron chi connectivity index (χ4n) is 1.73. The lowest BCUT2D eigenvalue weighted by Gasteiger charge is -2.20. The molecule has 0 bridgehead atoms. The van der Waals surface area contributed by atoms with Gasteiger partial charge in [0.1, 0.15) is 6.10 Å². The fourth-order valence-corrected chi connectivity index (χ4v) is 1.73. The molecule has 0 heterocycles. The molecule has 1 aromatic rings. The van der Waals surface area contributed by atoms with Crippen LogP contribution in [0, 0.1) is 0 Å². The third-order valence-electron chi connectivity index (χ3n) is 3.05. The second kappa shape index (κ2) is 7.46. The van der Waals surface area contributed by atoms with E-state index >= 15 is 0 Å². The molecule has 2 unspecified atom stereocenters. The predicted molar refractivity (Wildman–Crippen MR) is 71.1 cm³/mol. The van der Waals surface area contributed by atoms with Crippen LogP contribution in [0.2, 0.25) is 0 Å². The number of hydrogen-bond donors (Lipinski definition) is 1. The van der Waals surface area contributed by atoms with E-state index in [0.717, 1.165) is 31.4 Å². The van der Waals surface area contributed by atoms with E-state index in [1.807, 2.05) is 19.1 Å². The van der Waals surface area contributed by atoms with Crippen LogP contribution in [0.4, 0.5) is 0 Å². The first kappa shape index (κ1) is 14.2. The van der Waals surface area contributed by atoms with Gasteiger partial charge in [0.05, 0.1) is 6.10 Å². The van der Waals surface area contributed by atoms with Crippen molar-refractivity contribution in [2.24, 2.45) is 0 Å². The Kier molecular flexibility index (Phi) is 6.23. The summed E-state index contributed by atoms with van der Waals surface area (Å²) < 4.78 is 5.61. The molecule has 0 amide bonds. The second-order valence-corrected chi connectivity index (χ2v) is 4.47. The molecule has 17 heavy (non-hydrogen) atoms. The van der Waals surface area contributed by atoms with Crippen molar-refractivity contribution in [2.75, 3.05) is 6.61 Å². The van der Waals surface area contributed by atoms with Crippen LogP contribution in [0.5, 0.6) is 0 Å². The summed E-state index contributed by atoms with van der Waals surface area (Å²) in [6.07, 6.45) is 2.52. The first-order valence-corrected chi connectivity index (χ1v) is 6.57. The highest BCUT2D eigenvalue weighted by Crippen LogP contribution is 2.20. The van der Waals surface area contributed by atoms with Crippen LogP contribution in [-0.4, -0.2) is 17.8 Å². The Morgan fingerprint density at radius 1 is 1.18 bits per heavy atom. The van der Waals surface area contributed by atoms with Crippen LogP contribution in [0.1, 0.15) is 50.8 Å². The highest BCUT2D eigenvalue weighted by atomic mass is 16.5. The van der Waals surface area contributed by atoms with Gasteiger partial charge in [-0.2, -0.15) is 0 Å². The second-order valence-electron chi connectivity index (χ2n) is 4.47. The summed E-state index contributed by atoms with van der Waals surface area (Å²) in [4.78, 5) is 0. The molecule has 0 aliphatic carbocycles. The van der Waals surface area contributed by atoms with Crippen molar-refractivity contribution in [2.45, 2.75) is 52.2 Å². The summed E-state index contributed by atoms with van der Waals surface area (Å²) >= 11 is 0. The molecule has 0 saturated heterocycles. The molecule has 2 nitrogen and oxygen atoms in total. The van der Waals surface area contributed by atoms with Crippen LogP contribution in [0.15, 0.2) is 24.3 Å². The monoisotopic (exact) mass is 236 g/mol. The Hall–Kier alpha value is -0.860. The largest absolute Gasteiger partial charge is 0.386 e. The number of hydrogen-bond acceptors (Lipinski definition) is 2. The molecule has 0 aliphatic rings. The summed E-state index contributed by atoms with van der Waals surface area (Å²) in [6.45, 7) is 6.91. The number of unbranched alkanes of at least 4 members (excludes halogenated alkanes) is 1. The SMILES string of the molecule is CCCCOC(C)C(O)c1ccc(CC)cc1. The minimum Gasteiger partial charge on any atom is -0.386 e. The Labute approximate surface area is 105 Å². The van der Waals surface area contributed by atoms with Crippen LogP contribution in [-0.2, 0) is 11.2 Å². The standard InChI is InChI=1S/C15H24O2/c1-4-6-11-17-12(3)15(16)14-9-7-13(5-2)8-10-14/h7-10,12,15-16H,4-6,11H2,1-3H3. The van der Waals surface area contributed by atoms with Gasteiger partial charge in [0.15, 0.2) is 0 Å². The number of aliphatic hydroxyl groups is 1. The summed E-state index contributed by atoms with van der Waals surface area (Å²) in [5.74, 6) is 0. The van der Waals surface area contributed by atoms with E-state index in [1.165, 1.54) is 5.56 Å². The van der Waals surface area contributed by atoms with E-state index in [4.69, 9.17) is 4.74 Å². The van der Waals surface area contributed by atoms with Crippen molar-refractivity contribution >= 4 is 0 Å². The molecular formula is C15H24O2. The smallest absolute Gasteiger partial charge is 0.105 e. The van der Waals surface area contributed by atoms with Crippen molar-refractivity contribution in [3.05, 3.63) is 35.4 Å². The number of aryl methyl sites for hydroxylation is 1. The lowest BCUT2D eigenvalue weighted by atomic mass is 10.0. The highest BCUT2D eigenvalue weighted by Gasteiger charge is 2.16. The zero-order chi connectivity index (χ0) is 12.7. The van der Waals surface area contributed by atoms with E-state index in [-0.39, 0.29) is 6.10 Å². The van der Waals surface area contributed by atoms with Crippen LogP contribution in [0.25, 0.3) is 0 Å². The van der Waals surface area contributed by atoms with E-state index in [9.17, 15) is 5.11 Å². The van der Waals surface area contributed by atoms with Crippen molar-refractivity contribution < 1.29 is 9.84 Å². The minimum absolute atomic E-state index is 0.144. The normalized spacial score (nSPS) is 14.6. The Bertz CT molecular complexity index is 305. The molecule has 1 rings (SSSR count). The average Bonchev–Trinajstić information content (AvgIpc) is 2.38. The molecule has 0 saturated carbocycles. The van der Waals surface area contributed by atoms with Crippen LogP contribution >= 0.6 is 0 Å². The first-order valence-electron chi connectivity index (χ1n) is 6.57. The molecule has 2 heteroatoms. The third kappa shape index (κ3) is 4.49. The third-order valence-corrected chi connectivity index (χ3v) is 3.05. The van der Waals surface area contributed by atoms with Gasteiger partial charge in [-0.15, -0.1) is 0 Å². The van der Waals surface area contributed by atoms with Gasteiger partial charge in [-0.3, -0.25) is 0 Å². The van der Waals surface area contributed by atoms with Gasteiger partial charge in [-0.25, -0.2) is 0 Å².